The van der Waals surface area contributed by atoms with Crippen molar-refractivity contribution >= 4 is 64.6 Å². The van der Waals surface area contributed by atoms with Crippen LogP contribution in [0.2, 0.25) is 0 Å². The van der Waals surface area contributed by atoms with Gasteiger partial charge in [-0.1, -0.05) is 0 Å². The van der Waals surface area contributed by atoms with Crippen LogP contribution in [0.4, 0.5) is 13.2 Å². The van der Waals surface area contributed by atoms with Crippen LogP contribution in [0.25, 0.3) is 11.0 Å². The second kappa shape index (κ2) is 6.60. The number of imidazole rings is 1. The van der Waals surface area contributed by atoms with Gasteiger partial charge in [0.05, 0.1) is 22.9 Å². The zero-order chi connectivity index (χ0) is 19.5. The molecule has 2 N–H and O–H groups in total. The van der Waals surface area contributed by atoms with Gasteiger partial charge < -0.3 is 10.3 Å². The van der Waals surface area contributed by atoms with Gasteiger partial charge >= 0.3 is 6.18 Å². The molecular formula is C15H20B2F3N3S3. The molecule has 0 amide bonds. The largest absolute Gasteiger partial charge is 0.418 e. The number of halogens is 3. The predicted molar refractivity (Wildman–Crippen MR) is 114 cm³/mol. The lowest BCUT2D eigenvalue weighted by atomic mass is 9.71. The van der Waals surface area contributed by atoms with Gasteiger partial charge in [0.2, 0.25) is 0 Å². The standard InChI is InChI=1S/C15H20B2F3N3S3/c16-13(24,15(17,25)26)5-7-1-10(14(18,19)20)12-11(2-7)22-6-23(12)9-3-8(21)4-9/h1-2,6,8-9,24-26H,3-5,16-17,21H2. The number of hydrogen-bond donors (Lipinski definition) is 4. The van der Waals surface area contributed by atoms with E-state index in [1.807, 2.05) is 7.85 Å². The van der Waals surface area contributed by atoms with E-state index in [2.05, 4.69) is 42.9 Å². The summed E-state index contributed by atoms with van der Waals surface area (Å²) in [5, 5.41) is 0. The Labute approximate surface area is 168 Å². The van der Waals surface area contributed by atoms with Crippen LogP contribution in [0.1, 0.15) is 30.0 Å². The van der Waals surface area contributed by atoms with E-state index >= 15 is 0 Å². The van der Waals surface area contributed by atoms with Gasteiger partial charge in [-0.15, -0.1) is 0 Å². The van der Waals surface area contributed by atoms with E-state index in [4.69, 9.17) is 5.73 Å². The van der Waals surface area contributed by atoms with Gasteiger partial charge in [-0.25, -0.2) is 4.98 Å². The molecule has 1 heterocycles. The zero-order valence-corrected chi connectivity index (χ0v) is 17.1. The molecule has 0 aliphatic heterocycles. The van der Waals surface area contributed by atoms with Crippen molar-refractivity contribution in [2.75, 3.05) is 0 Å². The molecular weight excluding hydrogens is 397 g/mol. The van der Waals surface area contributed by atoms with E-state index in [1.54, 1.807) is 18.5 Å². The molecule has 0 bridgehead atoms. The van der Waals surface area contributed by atoms with Gasteiger partial charge in [0.25, 0.3) is 0 Å². The Morgan fingerprint density at radius 2 is 1.81 bits per heavy atom. The van der Waals surface area contributed by atoms with E-state index in [-0.39, 0.29) is 24.0 Å². The molecule has 1 atom stereocenters. The van der Waals surface area contributed by atoms with E-state index in [1.165, 1.54) is 12.4 Å². The minimum Gasteiger partial charge on any atom is -0.328 e. The summed E-state index contributed by atoms with van der Waals surface area (Å²) in [6.45, 7) is 0. The van der Waals surface area contributed by atoms with Crippen LogP contribution < -0.4 is 5.73 Å². The zero-order valence-electron chi connectivity index (χ0n) is 14.5. The average molecular weight is 417 g/mol. The Balaban J connectivity index is 2.09. The molecule has 26 heavy (non-hydrogen) atoms. The van der Waals surface area contributed by atoms with Gasteiger partial charge in [-0.05, 0) is 37.0 Å². The Bertz CT molecular complexity index is 827. The summed E-state index contributed by atoms with van der Waals surface area (Å²) < 4.78 is 41.4. The van der Waals surface area contributed by atoms with Gasteiger partial charge in [0, 0.05) is 20.7 Å². The first-order chi connectivity index (χ1) is 11.8. The molecule has 0 spiro atoms. The van der Waals surface area contributed by atoms with Crippen molar-refractivity contribution in [3.05, 3.63) is 29.6 Å². The van der Waals surface area contributed by atoms with Crippen molar-refractivity contribution in [2.45, 2.75) is 46.1 Å². The first kappa shape index (κ1) is 20.4. The molecule has 0 saturated heterocycles. The fourth-order valence-corrected chi connectivity index (χ4v) is 3.59. The number of nitrogens with two attached hydrogens (primary N) is 1. The first-order valence-electron chi connectivity index (χ1n) is 8.29. The Morgan fingerprint density at radius 3 is 2.31 bits per heavy atom. The molecule has 1 aliphatic rings. The fraction of sp³-hybridized carbons (Fsp3) is 0.533. The molecule has 2 aromatic rings. The monoisotopic (exact) mass is 417 g/mol. The van der Waals surface area contributed by atoms with Crippen LogP contribution in [0.3, 0.4) is 0 Å². The molecule has 0 radical (unpaired) electrons. The van der Waals surface area contributed by atoms with Crippen LogP contribution in [0.5, 0.6) is 0 Å². The smallest absolute Gasteiger partial charge is 0.328 e. The highest BCUT2D eigenvalue weighted by atomic mass is 32.2. The van der Waals surface area contributed by atoms with Gasteiger partial charge in [0.1, 0.15) is 15.7 Å². The summed E-state index contributed by atoms with van der Waals surface area (Å²) in [5.41, 5.74) is 6.09. The van der Waals surface area contributed by atoms with Crippen LogP contribution >= 0.6 is 37.9 Å². The summed E-state index contributed by atoms with van der Waals surface area (Å²) in [6.07, 6.45) is -1.38. The van der Waals surface area contributed by atoms with Crippen LogP contribution in [-0.2, 0) is 12.6 Å². The minimum absolute atomic E-state index is 0.0322. The number of thiol groups is 3. The molecule has 3 nitrogen and oxygen atoms in total. The van der Waals surface area contributed by atoms with E-state index < -0.39 is 20.4 Å². The molecule has 1 aromatic carbocycles. The molecule has 1 unspecified atom stereocenters. The second-order valence-electron chi connectivity index (χ2n) is 7.52. The maximum Gasteiger partial charge on any atom is 0.418 e. The number of benzene rings is 1. The fourth-order valence-electron chi connectivity index (χ4n) is 3.25. The van der Waals surface area contributed by atoms with Crippen molar-refractivity contribution in [3.63, 3.8) is 0 Å². The van der Waals surface area contributed by atoms with Crippen molar-refractivity contribution in [3.8, 4) is 0 Å². The van der Waals surface area contributed by atoms with Gasteiger partial charge in [-0.2, -0.15) is 51.1 Å². The molecule has 1 aliphatic carbocycles. The maximum absolute atomic E-state index is 13.8. The third kappa shape index (κ3) is 3.77. The second-order valence-corrected chi connectivity index (χ2v) is 10.6. The number of fused-ring (bicyclic) bond motifs is 1. The van der Waals surface area contributed by atoms with Crippen LogP contribution in [0, 0.1) is 0 Å². The number of hydrogen-bond acceptors (Lipinski definition) is 5. The van der Waals surface area contributed by atoms with Crippen LogP contribution in [-0.4, -0.2) is 39.9 Å². The molecule has 1 saturated carbocycles. The normalized spacial score (nSPS) is 23.7. The maximum atomic E-state index is 13.8. The highest BCUT2D eigenvalue weighted by molar-refractivity contribution is 8.04. The summed E-state index contributed by atoms with van der Waals surface area (Å²) in [7, 11) is 3.58. The number of alkyl halides is 3. The Morgan fingerprint density at radius 1 is 1.19 bits per heavy atom. The molecule has 3 rings (SSSR count). The van der Waals surface area contributed by atoms with Crippen molar-refractivity contribution in [1.29, 1.82) is 0 Å². The summed E-state index contributed by atoms with van der Waals surface area (Å²) in [5.74, 6) is 0. The van der Waals surface area contributed by atoms with Crippen molar-refractivity contribution in [2.24, 2.45) is 5.73 Å². The molecule has 140 valence electrons. The molecule has 1 aromatic heterocycles. The quantitative estimate of drug-likeness (QED) is 0.348. The van der Waals surface area contributed by atoms with Crippen molar-refractivity contribution in [1.82, 2.24) is 9.55 Å². The van der Waals surface area contributed by atoms with Crippen molar-refractivity contribution < 1.29 is 13.2 Å². The topological polar surface area (TPSA) is 43.8 Å². The summed E-state index contributed by atoms with van der Waals surface area (Å²) in [6, 6.07) is 2.90. The third-order valence-electron chi connectivity index (χ3n) is 5.15. The van der Waals surface area contributed by atoms with E-state index in [0.717, 1.165) is 0 Å². The predicted octanol–water partition coefficient (Wildman–Crippen LogP) is 1.67. The highest BCUT2D eigenvalue weighted by Gasteiger charge is 2.39. The summed E-state index contributed by atoms with van der Waals surface area (Å²) >= 11 is 13.4. The average Bonchev–Trinajstić information content (AvgIpc) is 2.83. The first-order valence-corrected chi connectivity index (χ1v) is 9.63. The SMILES string of the molecule is BC(S)(S)C(B)(S)Cc1cc(C(F)(F)F)c2c(c1)ncn2C1CC(N)C1. The third-order valence-corrected chi connectivity index (χ3v) is 7.09. The molecule has 1 fully saturated rings. The number of nitrogens with zero attached hydrogens (tertiary/aromatic N) is 2. The number of aromatic nitrogens is 2. The lowest BCUT2D eigenvalue weighted by molar-refractivity contribution is -0.136. The summed E-state index contributed by atoms with van der Waals surface area (Å²) in [4.78, 5) is 4.23. The molecule has 11 heteroatoms. The van der Waals surface area contributed by atoms with Crippen LogP contribution in [0.15, 0.2) is 18.5 Å². The Kier molecular flexibility index (Phi) is 5.17. The lowest BCUT2D eigenvalue weighted by Crippen LogP contribution is -2.44. The van der Waals surface area contributed by atoms with Gasteiger partial charge in [-0.3, -0.25) is 0 Å². The Hall–Kier alpha value is -0.380. The highest BCUT2D eigenvalue weighted by Crippen LogP contribution is 2.41. The van der Waals surface area contributed by atoms with Gasteiger partial charge in [0.15, 0.2) is 0 Å². The minimum atomic E-state index is -4.48. The van der Waals surface area contributed by atoms with E-state index in [9.17, 15) is 13.2 Å². The lowest BCUT2D eigenvalue weighted by Gasteiger charge is -2.37. The number of rotatable bonds is 4. The van der Waals surface area contributed by atoms with E-state index in [0.29, 0.717) is 23.9 Å².